The molecule has 6 nitrogen and oxygen atoms in total. The molecule has 1 heterocycles. The van der Waals surface area contributed by atoms with Gasteiger partial charge in [0.25, 0.3) is 5.91 Å². The molecule has 0 aliphatic rings. The van der Waals surface area contributed by atoms with Crippen molar-refractivity contribution in [1.82, 2.24) is 15.6 Å². The molecule has 1 unspecified atom stereocenters. The maximum absolute atomic E-state index is 13.6. The van der Waals surface area contributed by atoms with Crippen molar-refractivity contribution in [2.24, 2.45) is 0 Å². The molecule has 128 valence electrons. The third-order valence-electron chi connectivity index (χ3n) is 3.33. The topological polar surface area (TPSA) is 83.1 Å². The van der Waals surface area contributed by atoms with E-state index in [0.717, 1.165) is 0 Å². The van der Waals surface area contributed by atoms with Crippen LogP contribution in [0.4, 0.5) is 9.52 Å². The van der Waals surface area contributed by atoms with E-state index in [1.807, 2.05) is 14.0 Å². The van der Waals surface area contributed by atoms with Crippen LogP contribution in [0.1, 0.15) is 23.0 Å². The van der Waals surface area contributed by atoms with Crippen molar-refractivity contribution in [3.8, 4) is 0 Å². The highest BCUT2D eigenvalue weighted by Crippen LogP contribution is 2.17. The number of aromatic nitrogens is 1. The van der Waals surface area contributed by atoms with Crippen molar-refractivity contribution < 1.29 is 14.0 Å². The Morgan fingerprint density at radius 2 is 2.08 bits per heavy atom. The summed E-state index contributed by atoms with van der Waals surface area (Å²) in [5, 5.41) is 10.4. The van der Waals surface area contributed by atoms with Crippen LogP contribution >= 0.6 is 11.3 Å². The normalized spacial score (nSPS) is 11.8. The molecule has 2 rings (SSSR count). The molecule has 2 amide bonds. The Morgan fingerprint density at radius 1 is 1.33 bits per heavy atom. The number of benzene rings is 1. The van der Waals surface area contributed by atoms with Crippen molar-refractivity contribution in [2.45, 2.75) is 19.4 Å². The number of halogens is 1. The lowest BCUT2D eigenvalue weighted by molar-refractivity contribution is -0.120. The molecule has 24 heavy (non-hydrogen) atoms. The van der Waals surface area contributed by atoms with E-state index in [-0.39, 0.29) is 23.9 Å². The Morgan fingerprint density at radius 3 is 2.79 bits per heavy atom. The molecule has 0 radical (unpaired) electrons. The number of carbonyl (C=O) groups excluding carboxylic acids is 2. The minimum Gasteiger partial charge on any atom is -0.354 e. The van der Waals surface area contributed by atoms with E-state index in [2.05, 4.69) is 20.9 Å². The van der Waals surface area contributed by atoms with Crippen LogP contribution in [-0.4, -0.2) is 36.4 Å². The van der Waals surface area contributed by atoms with Crippen molar-refractivity contribution in [3.05, 3.63) is 46.7 Å². The Labute approximate surface area is 143 Å². The average Bonchev–Trinajstić information content (AvgIpc) is 2.99. The van der Waals surface area contributed by atoms with Gasteiger partial charge in [0.15, 0.2) is 5.13 Å². The molecular weight excluding hydrogens is 331 g/mol. The van der Waals surface area contributed by atoms with Gasteiger partial charge in [-0.1, -0.05) is 12.1 Å². The van der Waals surface area contributed by atoms with Crippen LogP contribution in [0, 0.1) is 5.82 Å². The molecule has 0 bridgehead atoms. The summed E-state index contributed by atoms with van der Waals surface area (Å²) in [7, 11) is 1.82. The van der Waals surface area contributed by atoms with Crippen LogP contribution in [0.3, 0.4) is 0 Å². The minimum absolute atomic E-state index is 0.0481. The van der Waals surface area contributed by atoms with Gasteiger partial charge in [-0.15, -0.1) is 11.3 Å². The molecule has 1 atom stereocenters. The van der Waals surface area contributed by atoms with Gasteiger partial charge < -0.3 is 10.6 Å². The number of amides is 2. The fraction of sp³-hybridized carbons (Fsp3) is 0.312. The van der Waals surface area contributed by atoms with Crippen LogP contribution in [0.15, 0.2) is 29.6 Å². The summed E-state index contributed by atoms with van der Waals surface area (Å²) < 4.78 is 13.6. The van der Waals surface area contributed by atoms with Crippen LogP contribution in [-0.2, 0) is 11.2 Å². The second-order valence-corrected chi connectivity index (χ2v) is 6.11. The number of thiazole rings is 1. The second kappa shape index (κ2) is 8.51. The van der Waals surface area contributed by atoms with Crippen molar-refractivity contribution in [1.29, 1.82) is 0 Å². The van der Waals surface area contributed by atoms with Crippen LogP contribution in [0.5, 0.6) is 0 Å². The van der Waals surface area contributed by atoms with Crippen LogP contribution in [0.25, 0.3) is 0 Å². The molecule has 0 fully saturated rings. The minimum atomic E-state index is -0.593. The molecule has 0 aliphatic carbocycles. The Hall–Kier alpha value is -2.32. The maximum Gasteiger partial charge on any atom is 0.260 e. The predicted octanol–water partition coefficient (Wildman–Crippen LogP) is 1.80. The molecule has 0 saturated heterocycles. The lowest BCUT2D eigenvalue weighted by atomic mass is 10.2. The number of nitrogens with zero attached hydrogens (tertiary/aromatic N) is 1. The Balaban J connectivity index is 1.90. The predicted molar refractivity (Wildman–Crippen MR) is 91.7 cm³/mol. The molecule has 0 aliphatic heterocycles. The van der Waals surface area contributed by atoms with Gasteiger partial charge in [-0.2, -0.15) is 0 Å². The zero-order valence-electron chi connectivity index (χ0n) is 13.4. The van der Waals surface area contributed by atoms with E-state index >= 15 is 0 Å². The van der Waals surface area contributed by atoms with Gasteiger partial charge in [0, 0.05) is 18.0 Å². The third-order valence-corrected chi connectivity index (χ3v) is 4.14. The fourth-order valence-electron chi connectivity index (χ4n) is 1.85. The van der Waals surface area contributed by atoms with Gasteiger partial charge in [0.2, 0.25) is 5.91 Å². The number of anilines is 1. The van der Waals surface area contributed by atoms with Gasteiger partial charge in [0.1, 0.15) is 5.82 Å². The summed E-state index contributed by atoms with van der Waals surface area (Å²) >= 11 is 1.19. The van der Waals surface area contributed by atoms with E-state index in [9.17, 15) is 14.0 Å². The van der Waals surface area contributed by atoms with Gasteiger partial charge in [-0.3, -0.25) is 14.9 Å². The lowest BCUT2D eigenvalue weighted by Crippen LogP contribution is -2.37. The van der Waals surface area contributed by atoms with Gasteiger partial charge in [0.05, 0.1) is 17.7 Å². The van der Waals surface area contributed by atoms with Crippen LogP contribution in [0.2, 0.25) is 0 Å². The average molecular weight is 350 g/mol. The lowest BCUT2D eigenvalue weighted by Gasteiger charge is -2.10. The fourth-order valence-corrected chi connectivity index (χ4v) is 2.56. The van der Waals surface area contributed by atoms with E-state index in [1.165, 1.54) is 29.5 Å². The number of hydrogen-bond donors (Lipinski definition) is 3. The largest absolute Gasteiger partial charge is 0.354 e. The molecule has 1 aromatic heterocycles. The van der Waals surface area contributed by atoms with Gasteiger partial charge in [-0.05, 0) is 26.1 Å². The van der Waals surface area contributed by atoms with E-state index in [4.69, 9.17) is 0 Å². The van der Waals surface area contributed by atoms with E-state index in [1.54, 1.807) is 11.4 Å². The molecule has 0 spiro atoms. The smallest absolute Gasteiger partial charge is 0.260 e. The maximum atomic E-state index is 13.6. The molecule has 1 aromatic carbocycles. The van der Waals surface area contributed by atoms with Crippen molar-refractivity contribution in [3.63, 3.8) is 0 Å². The van der Waals surface area contributed by atoms with Crippen molar-refractivity contribution >= 4 is 28.3 Å². The third kappa shape index (κ3) is 5.10. The SMILES string of the molecule is CNC(C)CNC(=O)Cc1csc(NC(=O)c2ccccc2F)n1. The molecule has 2 aromatic rings. The summed E-state index contributed by atoms with van der Waals surface area (Å²) in [6.45, 7) is 2.48. The molecule has 8 heteroatoms. The first-order valence-corrected chi connectivity index (χ1v) is 8.31. The highest BCUT2D eigenvalue weighted by molar-refractivity contribution is 7.14. The van der Waals surface area contributed by atoms with Gasteiger partial charge in [-0.25, -0.2) is 9.37 Å². The summed E-state index contributed by atoms with van der Waals surface area (Å²) in [4.78, 5) is 28.0. The molecular formula is C16H19FN4O2S. The first-order chi connectivity index (χ1) is 11.5. The Kier molecular flexibility index (Phi) is 6.39. The zero-order chi connectivity index (χ0) is 17.5. The number of likely N-dealkylation sites (N-methyl/N-ethyl adjacent to an activating group) is 1. The standard InChI is InChI=1S/C16H19FN4O2S/c1-10(18-2)8-19-14(22)7-11-9-24-16(20-11)21-15(23)12-5-3-4-6-13(12)17/h3-6,9-10,18H,7-8H2,1-2H3,(H,19,22)(H,20,21,23). The molecule has 0 saturated carbocycles. The number of rotatable bonds is 7. The zero-order valence-corrected chi connectivity index (χ0v) is 14.2. The second-order valence-electron chi connectivity index (χ2n) is 5.25. The van der Waals surface area contributed by atoms with E-state index < -0.39 is 11.7 Å². The number of nitrogens with one attached hydrogen (secondary N) is 3. The molecule has 3 N–H and O–H groups in total. The first kappa shape index (κ1) is 18.0. The summed E-state index contributed by atoms with van der Waals surface area (Å²) in [6, 6.07) is 5.90. The first-order valence-electron chi connectivity index (χ1n) is 7.44. The Bertz CT molecular complexity index is 720. The monoisotopic (exact) mass is 350 g/mol. The quantitative estimate of drug-likeness (QED) is 0.711. The summed E-state index contributed by atoms with van der Waals surface area (Å²) in [5.74, 6) is -1.31. The van der Waals surface area contributed by atoms with Gasteiger partial charge >= 0.3 is 0 Å². The number of carbonyl (C=O) groups is 2. The van der Waals surface area contributed by atoms with Crippen molar-refractivity contribution in [2.75, 3.05) is 18.9 Å². The van der Waals surface area contributed by atoms with E-state index in [0.29, 0.717) is 17.4 Å². The number of hydrogen-bond acceptors (Lipinski definition) is 5. The highest BCUT2D eigenvalue weighted by atomic mass is 32.1. The summed E-state index contributed by atoms with van der Waals surface area (Å²) in [6.07, 6.45) is 0.127. The van der Waals surface area contributed by atoms with Crippen LogP contribution < -0.4 is 16.0 Å². The highest BCUT2D eigenvalue weighted by Gasteiger charge is 2.14. The summed E-state index contributed by atoms with van der Waals surface area (Å²) in [5.41, 5.74) is 0.506.